The minimum Gasteiger partial charge on any atom is -0.324 e. The third-order valence-electron chi connectivity index (χ3n) is 2.52. The van der Waals surface area contributed by atoms with Crippen molar-refractivity contribution in [3.05, 3.63) is 36.7 Å². The van der Waals surface area contributed by atoms with E-state index in [9.17, 15) is 4.79 Å². The van der Waals surface area contributed by atoms with Crippen LogP contribution in [-0.2, 0) is 4.79 Å². The van der Waals surface area contributed by atoms with Crippen molar-refractivity contribution in [2.24, 2.45) is 5.73 Å². The molecule has 0 saturated heterocycles. The van der Waals surface area contributed by atoms with Crippen molar-refractivity contribution in [3.8, 4) is 0 Å². The quantitative estimate of drug-likeness (QED) is 0.826. The zero-order valence-corrected chi connectivity index (χ0v) is 9.90. The highest BCUT2D eigenvalue weighted by atomic mass is 16.2. The van der Waals surface area contributed by atoms with Crippen molar-refractivity contribution in [1.29, 1.82) is 0 Å². The summed E-state index contributed by atoms with van der Waals surface area (Å²) in [5.41, 5.74) is 5.58. The molecule has 0 aliphatic carbocycles. The molecule has 1 heterocycles. The van der Waals surface area contributed by atoms with Crippen molar-refractivity contribution < 1.29 is 4.79 Å². The molecule has 2 rings (SSSR count). The van der Waals surface area contributed by atoms with Gasteiger partial charge in [0.1, 0.15) is 0 Å². The van der Waals surface area contributed by atoms with Crippen molar-refractivity contribution in [3.63, 3.8) is 0 Å². The summed E-state index contributed by atoms with van der Waals surface area (Å²) >= 11 is 0. The highest BCUT2D eigenvalue weighted by Gasteiger charge is 2.22. The van der Waals surface area contributed by atoms with Gasteiger partial charge >= 0.3 is 0 Å². The van der Waals surface area contributed by atoms with Crippen LogP contribution in [0.3, 0.4) is 0 Å². The standard InChI is InChI=1S/C13H15N3O/c1-13(2,14)12(17)16-11-5-3-4-9-6-7-15-8-10(9)11/h3-8H,14H2,1-2H3,(H,16,17). The number of amides is 1. The first-order chi connectivity index (χ1) is 7.98. The SMILES string of the molecule is CC(C)(N)C(=O)Nc1cccc2ccncc12. The molecule has 0 bridgehead atoms. The monoisotopic (exact) mass is 229 g/mol. The number of carbonyl (C=O) groups excluding carboxylic acids is 1. The number of aromatic nitrogens is 1. The van der Waals surface area contributed by atoms with E-state index in [2.05, 4.69) is 10.3 Å². The fraction of sp³-hybridized carbons (Fsp3) is 0.231. The van der Waals surface area contributed by atoms with Gasteiger partial charge in [-0.2, -0.15) is 0 Å². The summed E-state index contributed by atoms with van der Waals surface area (Å²) in [5, 5.41) is 4.77. The molecule has 1 aromatic heterocycles. The maximum absolute atomic E-state index is 11.8. The number of carbonyl (C=O) groups is 1. The van der Waals surface area contributed by atoms with E-state index in [1.165, 1.54) is 0 Å². The highest BCUT2D eigenvalue weighted by molar-refractivity contribution is 6.04. The third-order valence-corrected chi connectivity index (χ3v) is 2.52. The number of fused-ring (bicyclic) bond motifs is 1. The average molecular weight is 229 g/mol. The number of benzene rings is 1. The Hall–Kier alpha value is -1.94. The number of rotatable bonds is 2. The van der Waals surface area contributed by atoms with Crippen LogP contribution in [-0.4, -0.2) is 16.4 Å². The Morgan fingerprint density at radius 2 is 2.12 bits per heavy atom. The summed E-state index contributed by atoms with van der Waals surface area (Å²) in [5.74, 6) is -0.214. The Morgan fingerprint density at radius 3 is 2.82 bits per heavy atom. The van der Waals surface area contributed by atoms with E-state index in [-0.39, 0.29) is 5.91 Å². The largest absolute Gasteiger partial charge is 0.324 e. The lowest BCUT2D eigenvalue weighted by atomic mass is 10.1. The number of anilines is 1. The lowest BCUT2D eigenvalue weighted by Crippen LogP contribution is -2.45. The number of hydrogen-bond donors (Lipinski definition) is 2. The van der Waals surface area contributed by atoms with Gasteiger partial charge in [-0.1, -0.05) is 12.1 Å². The number of nitrogens with one attached hydrogen (secondary N) is 1. The van der Waals surface area contributed by atoms with Gasteiger partial charge in [0.2, 0.25) is 5.91 Å². The van der Waals surface area contributed by atoms with Gasteiger partial charge in [0.05, 0.1) is 11.2 Å². The second-order valence-electron chi connectivity index (χ2n) is 4.58. The average Bonchev–Trinajstić information content (AvgIpc) is 2.28. The maximum Gasteiger partial charge on any atom is 0.243 e. The predicted octanol–water partition coefficient (Wildman–Crippen LogP) is 1.91. The fourth-order valence-electron chi connectivity index (χ4n) is 1.51. The van der Waals surface area contributed by atoms with Crippen molar-refractivity contribution in [2.75, 3.05) is 5.32 Å². The Labute approximate surface area is 99.8 Å². The first-order valence-electron chi connectivity index (χ1n) is 5.41. The minimum atomic E-state index is -0.898. The Morgan fingerprint density at radius 1 is 1.35 bits per heavy atom. The Kier molecular flexibility index (Phi) is 2.81. The van der Waals surface area contributed by atoms with Crippen molar-refractivity contribution >= 4 is 22.4 Å². The second-order valence-corrected chi connectivity index (χ2v) is 4.58. The molecule has 0 aliphatic heterocycles. The minimum absolute atomic E-state index is 0.214. The topological polar surface area (TPSA) is 68.0 Å². The number of hydrogen-bond acceptors (Lipinski definition) is 3. The van der Waals surface area contributed by atoms with E-state index in [0.717, 1.165) is 16.5 Å². The summed E-state index contributed by atoms with van der Waals surface area (Å²) in [6.07, 6.45) is 3.45. The molecule has 1 aromatic carbocycles. The molecule has 0 saturated carbocycles. The molecule has 17 heavy (non-hydrogen) atoms. The molecule has 2 aromatic rings. The Bertz CT molecular complexity index is 553. The first-order valence-corrected chi connectivity index (χ1v) is 5.41. The van der Waals surface area contributed by atoms with Gasteiger partial charge in [0, 0.05) is 17.8 Å². The van der Waals surface area contributed by atoms with Crippen LogP contribution in [0.4, 0.5) is 5.69 Å². The zero-order valence-electron chi connectivity index (χ0n) is 9.90. The molecule has 88 valence electrons. The van der Waals surface area contributed by atoms with E-state index in [0.29, 0.717) is 0 Å². The van der Waals surface area contributed by atoms with Crippen LogP contribution < -0.4 is 11.1 Å². The summed E-state index contributed by atoms with van der Waals surface area (Å²) in [7, 11) is 0. The maximum atomic E-state index is 11.8. The van der Waals surface area contributed by atoms with Crippen LogP contribution in [0.1, 0.15) is 13.8 Å². The molecule has 1 amide bonds. The Balaban J connectivity index is 2.40. The van der Waals surface area contributed by atoms with Crippen LogP contribution in [0.2, 0.25) is 0 Å². The third kappa shape index (κ3) is 2.42. The number of pyridine rings is 1. The van der Waals surface area contributed by atoms with E-state index in [4.69, 9.17) is 5.73 Å². The van der Waals surface area contributed by atoms with Crippen LogP contribution in [0, 0.1) is 0 Å². The van der Waals surface area contributed by atoms with Gasteiger partial charge in [-0.15, -0.1) is 0 Å². The number of nitrogens with zero attached hydrogens (tertiary/aromatic N) is 1. The van der Waals surface area contributed by atoms with Crippen LogP contribution in [0.25, 0.3) is 10.8 Å². The molecule has 0 unspecified atom stereocenters. The van der Waals surface area contributed by atoms with Crippen molar-refractivity contribution in [2.45, 2.75) is 19.4 Å². The number of nitrogens with two attached hydrogens (primary N) is 1. The van der Waals surface area contributed by atoms with Crippen molar-refractivity contribution in [1.82, 2.24) is 4.98 Å². The molecule has 0 radical (unpaired) electrons. The molecular formula is C13H15N3O. The summed E-state index contributed by atoms with van der Waals surface area (Å²) < 4.78 is 0. The van der Waals surface area contributed by atoms with E-state index in [1.807, 2.05) is 24.3 Å². The molecule has 0 fully saturated rings. The lowest BCUT2D eigenvalue weighted by molar-refractivity contribution is -0.120. The predicted molar refractivity (Wildman–Crippen MR) is 68.6 cm³/mol. The van der Waals surface area contributed by atoms with Crippen LogP contribution in [0.15, 0.2) is 36.7 Å². The smallest absolute Gasteiger partial charge is 0.243 e. The van der Waals surface area contributed by atoms with Gasteiger partial charge in [0.25, 0.3) is 0 Å². The molecule has 3 N–H and O–H groups in total. The molecule has 0 aliphatic rings. The molecule has 0 spiro atoms. The van der Waals surface area contributed by atoms with E-state index in [1.54, 1.807) is 26.2 Å². The summed E-state index contributed by atoms with van der Waals surface area (Å²) in [6, 6.07) is 7.61. The van der Waals surface area contributed by atoms with E-state index < -0.39 is 5.54 Å². The molecule has 4 nitrogen and oxygen atoms in total. The first kappa shape index (κ1) is 11.5. The lowest BCUT2D eigenvalue weighted by Gasteiger charge is -2.18. The van der Waals surface area contributed by atoms with Gasteiger partial charge < -0.3 is 11.1 Å². The highest BCUT2D eigenvalue weighted by Crippen LogP contribution is 2.22. The molecule has 4 heteroatoms. The van der Waals surface area contributed by atoms with Gasteiger partial charge in [0.15, 0.2) is 0 Å². The fourth-order valence-corrected chi connectivity index (χ4v) is 1.51. The van der Waals surface area contributed by atoms with Gasteiger partial charge in [-0.25, -0.2) is 0 Å². The second kappa shape index (κ2) is 4.14. The molecular weight excluding hydrogens is 214 g/mol. The summed E-state index contributed by atoms with van der Waals surface area (Å²) in [4.78, 5) is 15.9. The van der Waals surface area contributed by atoms with Crippen LogP contribution >= 0.6 is 0 Å². The van der Waals surface area contributed by atoms with E-state index >= 15 is 0 Å². The van der Waals surface area contributed by atoms with Gasteiger partial charge in [-0.3, -0.25) is 9.78 Å². The zero-order chi connectivity index (χ0) is 12.5. The molecule has 0 atom stereocenters. The van der Waals surface area contributed by atoms with Gasteiger partial charge in [-0.05, 0) is 31.4 Å². The van der Waals surface area contributed by atoms with Crippen LogP contribution in [0.5, 0.6) is 0 Å². The normalized spacial score (nSPS) is 11.5. The summed E-state index contributed by atoms with van der Waals surface area (Å²) in [6.45, 7) is 3.34.